The molecule has 6 rings (SSSR count). The van der Waals surface area contributed by atoms with Gasteiger partial charge in [-0.15, -0.1) is 0 Å². The van der Waals surface area contributed by atoms with Crippen molar-refractivity contribution in [3.8, 4) is 23.1 Å². The average Bonchev–Trinajstić information content (AvgIpc) is 3.50. The molecule has 0 spiro atoms. The number of benzene rings is 4. The number of aryl methyl sites for hydroxylation is 2. The molecule has 2 aromatic heterocycles. The lowest BCUT2D eigenvalue weighted by molar-refractivity contribution is 0.144. The lowest BCUT2D eigenvalue weighted by atomic mass is 10.1. The van der Waals surface area contributed by atoms with E-state index in [4.69, 9.17) is 19.7 Å². The van der Waals surface area contributed by atoms with Gasteiger partial charge >= 0.3 is 6.16 Å². The molecule has 0 unspecified atom stereocenters. The van der Waals surface area contributed by atoms with Crippen LogP contribution in [0.2, 0.25) is 0 Å². The van der Waals surface area contributed by atoms with Gasteiger partial charge in [0.25, 0.3) is 0 Å². The Bertz CT molecular complexity index is 1660. The highest BCUT2D eigenvalue weighted by Gasteiger charge is 2.26. The molecule has 0 aliphatic heterocycles. The second-order valence-corrected chi connectivity index (χ2v) is 10.0. The molecule has 0 aliphatic carbocycles. The monoisotopic (exact) mass is 554 g/mol. The summed E-state index contributed by atoms with van der Waals surface area (Å²) >= 11 is 0. The van der Waals surface area contributed by atoms with Crippen molar-refractivity contribution in [1.82, 2.24) is 19.6 Å². The Morgan fingerprint density at radius 2 is 0.881 bits per heavy atom. The summed E-state index contributed by atoms with van der Waals surface area (Å²) in [7, 11) is 0. The van der Waals surface area contributed by atoms with Gasteiger partial charge in [-0.1, -0.05) is 97.1 Å². The molecule has 0 fully saturated rings. The topological polar surface area (TPSA) is 71.2 Å². The third-order valence-corrected chi connectivity index (χ3v) is 7.08. The number of ether oxygens (including phenoxy) is 2. The predicted molar refractivity (Wildman–Crippen MR) is 162 cm³/mol. The van der Waals surface area contributed by atoms with Gasteiger partial charge in [-0.25, -0.2) is 14.2 Å². The summed E-state index contributed by atoms with van der Waals surface area (Å²) in [6.45, 7) is 3.84. The highest BCUT2D eigenvalue weighted by Crippen LogP contribution is 2.32. The first-order valence-electron chi connectivity index (χ1n) is 13.8. The molecule has 42 heavy (non-hydrogen) atoms. The van der Waals surface area contributed by atoms with E-state index in [-0.39, 0.29) is 0 Å². The number of carbonyl (C=O) groups is 1. The molecule has 7 heteroatoms. The Kier molecular flexibility index (Phi) is 7.64. The number of carbonyl (C=O) groups excluding carboxylic acids is 1. The van der Waals surface area contributed by atoms with Gasteiger partial charge in [0.05, 0.1) is 22.8 Å². The molecule has 0 N–H and O–H groups in total. The van der Waals surface area contributed by atoms with Crippen molar-refractivity contribution in [1.29, 1.82) is 0 Å². The SMILES string of the molecule is Cc1nn(-c2ccccc2)c(OC(=O)Oc2c(Cc3ccccc3)c(C)nn2-c2ccccc2)c1Cc1ccccc1. The van der Waals surface area contributed by atoms with Crippen molar-refractivity contribution in [2.45, 2.75) is 26.7 Å². The Morgan fingerprint density at radius 1 is 0.548 bits per heavy atom. The minimum atomic E-state index is -0.868. The lowest BCUT2D eigenvalue weighted by Crippen LogP contribution is -2.19. The van der Waals surface area contributed by atoms with E-state index in [0.29, 0.717) is 24.6 Å². The molecule has 4 aromatic carbocycles. The predicted octanol–water partition coefficient (Wildman–Crippen LogP) is 7.43. The van der Waals surface area contributed by atoms with Gasteiger partial charge in [-0.05, 0) is 49.2 Å². The molecular weight excluding hydrogens is 524 g/mol. The Labute approximate surface area is 244 Å². The van der Waals surface area contributed by atoms with Crippen molar-refractivity contribution in [2.24, 2.45) is 0 Å². The first-order valence-corrected chi connectivity index (χ1v) is 13.8. The zero-order chi connectivity index (χ0) is 28.9. The summed E-state index contributed by atoms with van der Waals surface area (Å²) in [5.74, 6) is 0.638. The first kappa shape index (κ1) is 26.8. The molecule has 0 radical (unpaired) electrons. The quantitative estimate of drug-likeness (QED) is 0.183. The molecule has 0 bridgehead atoms. The van der Waals surface area contributed by atoms with Crippen molar-refractivity contribution in [2.75, 3.05) is 0 Å². The van der Waals surface area contributed by atoms with Crippen LogP contribution >= 0.6 is 0 Å². The van der Waals surface area contributed by atoms with Crippen LogP contribution in [0.3, 0.4) is 0 Å². The standard InChI is InChI=1S/C35H30N4O3/c1-25-31(23-27-15-7-3-8-16-27)33(38(36-25)29-19-11-5-12-20-29)41-35(40)42-34-32(24-28-17-9-4-10-18-28)26(2)37-39(34)30-21-13-6-14-22-30/h3-22H,23-24H2,1-2H3. The van der Waals surface area contributed by atoms with Gasteiger partial charge in [-0.2, -0.15) is 10.2 Å². The fourth-order valence-electron chi connectivity index (χ4n) is 4.96. The van der Waals surface area contributed by atoms with E-state index in [0.717, 1.165) is 45.0 Å². The van der Waals surface area contributed by atoms with Crippen molar-refractivity contribution in [3.63, 3.8) is 0 Å². The van der Waals surface area contributed by atoms with E-state index in [2.05, 4.69) is 0 Å². The molecule has 6 aromatic rings. The number of para-hydroxylation sites is 2. The summed E-state index contributed by atoms with van der Waals surface area (Å²) in [6.07, 6.45) is 0.220. The molecule has 7 nitrogen and oxygen atoms in total. The van der Waals surface area contributed by atoms with Gasteiger partial charge in [0.2, 0.25) is 11.8 Å². The van der Waals surface area contributed by atoms with E-state index in [1.165, 1.54) is 0 Å². The van der Waals surface area contributed by atoms with Crippen molar-refractivity contribution >= 4 is 6.16 Å². The summed E-state index contributed by atoms with van der Waals surface area (Å²) in [6, 6.07) is 39.3. The van der Waals surface area contributed by atoms with E-state index in [9.17, 15) is 4.79 Å². The number of hydrogen-bond donors (Lipinski definition) is 0. The molecule has 0 saturated carbocycles. The van der Waals surface area contributed by atoms with E-state index in [1.54, 1.807) is 9.36 Å². The van der Waals surface area contributed by atoms with Crippen LogP contribution in [0.15, 0.2) is 121 Å². The Balaban J connectivity index is 1.38. The number of nitrogens with zero attached hydrogens (tertiary/aromatic N) is 4. The summed E-state index contributed by atoms with van der Waals surface area (Å²) in [5, 5.41) is 9.49. The maximum Gasteiger partial charge on any atom is 0.522 e. The van der Waals surface area contributed by atoms with Crippen LogP contribution in [-0.4, -0.2) is 25.7 Å². The van der Waals surface area contributed by atoms with Gasteiger partial charge in [0.1, 0.15) is 0 Å². The molecule has 0 atom stereocenters. The van der Waals surface area contributed by atoms with Crippen LogP contribution in [0.4, 0.5) is 4.79 Å². The molecule has 208 valence electrons. The van der Waals surface area contributed by atoms with E-state index >= 15 is 0 Å². The summed E-state index contributed by atoms with van der Waals surface area (Å²) < 4.78 is 15.4. The molecule has 0 saturated heterocycles. The van der Waals surface area contributed by atoms with E-state index < -0.39 is 6.16 Å². The summed E-state index contributed by atoms with van der Waals surface area (Å²) in [5.41, 5.74) is 6.85. The fourth-order valence-corrected chi connectivity index (χ4v) is 4.96. The second-order valence-electron chi connectivity index (χ2n) is 10.0. The maximum atomic E-state index is 13.7. The molecule has 0 aliphatic rings. The highest BCUT2D eigenvalue weighted by molar-refractivity contribution is 5.68. The Morgan fingerprint density at radius 3 is 1.24 bits per heavy atom. The van der Waals surface area contributed by atoms with Crippen LogP contribution in [-0.2, 0) is 12.8 Å². The van der Waals surface area contributed by atoms with Gasteiger partial charge in [0, 0.05) is 24.0 Å². The largest absolute Gasteiger partial charge is 0.522 e. The minimum absolute atomic E-state index is 0.319. The smallest absolute Gasteiger partial charge is 0.375 e. The van der Waals surface area contributed by atoms with Crippen LogP contribution in [0.5, 0.6) is 11.8 Å². The fraction of sp³-hybridized carbons (Fsp3) is 0.114. The third-order valence-electron chi connectivity index (χ3n) is 7.08. The second kappa shape index (κ2) is 12.0. The van der Waals surface area contributed by atoms with Crippen LogP contribution in [0.25, 0.3) is 11.4 Å². The first-order chi connectivity index (χ1) is 20.6. The number of aromatic nitrogens is 4. The highest BCUT2D eigenvalue weighted by atomic mass is 16.7. The van der Waals surface area contributed by atoms with Crippen LogP contribution < -0.4 is 9.47 Å². The third kappa shape index (κ3) is 5.71. The van der Waals surface area contributed by atoms with Gasteiger partial charge in [-0.3, -0.25) is 0 Å². The van der Waals surface area contributed by atoms with Crippen LogP contribution in [0, 0.1) is 13.8 Å². The van der Waals surface area contributed by atoms with E-state index in [1.807, 2.05) is 135 Å². The minimum Gasteiger partial charge on any atom is -0.375 e. The molecule has 2 heterocycles. The normalized spacial score (nSPS) is 10.9. The van der Waals surface area contributed by atoms with Crippen molar-refractivity contribution < 1.29 is 14.3 Å². The van der Waals surface area contributed by atoms with Crippen molar-refractivity contribution in [3.05, 3.63) is 155 Å². The number of hydrogen-bond acceptors (Lipinski definition) is 5. The van der Waals surface area contributed by atoms with Crippen LogP contribution in [0.1, 0.15) is 33.6 Å². The average molecular weight is 555 g/mol. The lowest BCUT2D eigenvalue weighted by Gasteiger charge is -2.13. The summed E-state index contributed by atoms with van der Waals surface area (Å²) in [4.78, 5) is 13.7. The maximum absolute atomic E-state index is 13.7. The number of rotatable bonds is 8. The zero-order valence-electron chi connectivity index (χ0n) is 23.5. The molecule has 0 amide bonds. The Hall–Kier alpha value is -5.43. The van der Waals surface area contributed by atoms with Gasteiger partial charge in [0.15, 0.2) is 0 Å². The van der Waals surface area contributed by atoms with Gasteiger partial charge < -0.3 is 9.47 Å². The zero-order valence-corrected chi connectivity index (χ0v) is 23.5. The molecular formula is C35H30N4O3.